The molecule has 2 saturated carbocycles. The van der Waals surface area contributed by atoms with E-state index >= 15 is 0 Å². The number of nitrogens with one attached hydrogen (secondary N) is 4. The first-order valence-corrected chi connectivity index (χ1v) is 45.6. The van der Waals surface area contributed by atoms with Crippen molar-refractivity contribution in [1.29, 1.82) is 0 Å². The predicted molar refractivity (Wildman–Crippen MR) is 505 cm³/mol. The van der Waals surface area contributed by atoms with Crippen LogP contribution < -0.4 is 21.3 Å². The number of anilines is 4. The third-order valence-corrected chi connectivity index (χ3v) is 24.6. The van der Waals surface area contributed by atoms with Gasteiger partial charge in [-0.1, -0.05) is 50.3 Å². The molecule has 0 amide bonds. The number of pyridine rings is 3. The standard InChI is InChI=1S/C27H25FN6.C27H27FN6.C26H23FN6.C23H27FN6/c28-19-9-7-18(8-10-19)25-26(23-15-17-30-27(32-23)31-21-5-3-6-21)34-22(13-14-24(34)33-25)12-11-20-4-1-2-16-29-20;1-18(2)17-31-27-30-16-14-23(32-27)26-25(19-6-8-20(28)9-7-19)33-24-13-12-22(34(24)26)11-10-21-5-3-4-15-29-21;27-18-6-4-17(5-7-18)24-25(22-14-16-29-26(31-22)30-20-8-9-20)33-21(12-13-23(33)32-24)11-10-19-3-1-2-15-28-19;1-2-25-23-26-12-11-19(27-23)22-21(16-5-7-17(24)8-6-16)28-20-10-9-18(30(20)22)15-29-13-3-4-14-29/h1-2,4,7-12,15-17,21-22H,3,5-6,13-14H2,(H,30,31,32);3-11,14-16,18,22H,12-13,17H2,1-2H3,(H,30,31,32);1-7,10-11,14-16,20-21H,8-9,12-13H2,(H,29,30,31);5-8,11-12,18H,2-4,9-10,13-15H2,1H3,(H,25,26,27)/b12-11+;2*11-10+;. The molecule has 662 valence electrons. The Morgan fingerprint density at radius 1 is 0.344 bits per heavy atom. The van der Waals surface area contributed by atoms with Crippen LogP contribution in [-0.2, 0) is 25.7 Å². The lowest BCUT2D eigenvalue weighted by atomic mass is 9.93. The minimum atomic E-state index is -0.268. The van der Waals surface area contributed by atoms with Crippen LogP contribution in [0.3, 0.4) is 0 Å². The molecule has 131 heavy (non-hydrogen) atoms. The Balaban J connectivity index is 0.000000113. The van der Waals surface area contributed by atoms with Gasteiger partial charge < -0.3 is 44.4 Å². The average molecular weight is 1750 g/mol. The second-order valence-corrected chi connectivity index (χ2v) is 34.3. The number of nitrogens with zero attached hydrogens (tertiary/aromatic N) is 20. The van der Waals surface area contributed by atoms with Crippen LogP contribution in [0.5, 0.6) is 0 Å². The van der Waals surface area contributed by atoms with Crippen molar-refractivity contribution in [3.8, 4) is 90.6 Å². The maximum Gasteiger partial charge on any atom is 0.223 e. The number of hydrogen-bond acceptors (Lipinski definition) is 20. The summed E-state index contributed by atoms with van der Waals surface area (Å²) in [5.41, 5.74) is 16.7. The maximum absolute atomic E-state index is 13.7. The topological polar surface area (TPSA) is 264 Å². The van der Waals surface area contributed by atoms with Crippen molar-refractivity contribution >= 4 is 42.0 Å². The highest BCUT2D eigenvalue weighted by atomic mass is 19.1. The minimum Gasteiger partial charge on any atom is -0.354 e. The number of hydrogen-bond donors (Lipinski definition) is 4. The van der Waals surface area contributed by atoms with Crippen molar-refractivity contribution in [2.75, 3.05) is 54.0 Å². The number of fused-ring (bicyclic) bond motifs is 4. The Bertz CT molecular complexity index is 6520. The number of benzene rings is 4. The molecule has 1 saturated heterocycles. The molecular weight excluding hydrogens is 1650 g/mol. The molecule has 2 aliphatic carbocycles. The SMILES string of the molecule is CC(C)CNc1nccc(-c2c(-c3ccc(F)cc3)nc3n2C(/C=C/c2ccccn2)CC3)n1.CCNc1nccc(-c2c(-c3ccc(F)cc3)nc3n2C(CN2CCCC2)CC3)n1.Fc1ccc(-c2nc3n(c2-c2ccnc(NC4CC4)n2)C(/C=C/c2ccccn2)CC3)cc1.Fc1ccc(-c2nc3n(c2-c2ccnc(NC4CCC4)n2)C(/C=C/c2ccccn2)CC3)cc1. The second-order valence-electron chi connectivity index (χ2n) is 34.3. The van der Waals surface area contributed by atoms with Crippen molar-refractivity contribution in [2.45, 2.75) is 153 Å². The molecule has 0 spiro atoms. The molecule has 22 rings (SSSR count). The first-order chi connectivity index (χ1) is 64.3. The molecule has 11 aromatic heterocycles. The van der Waals surface area contributed by atoms with E-state index in [1.807, 2.05) is 85.8 Å². The van der Waals surface area contributed by atoms with Gasteiger partial charge in [-0.3, -0.25) is 15.0 Å². The van der Waals surface area contributed by atoms with Gasteiger partial charge in [0.05, 0.1) is 104 Å². The Labute approximate surface area is 758 Å². The zero-order valence-corrected chi connectivity index (χ0v) is 73.4. The quantitative estimate of drug-likeness (QED) is 0.0387. The summed E-state index contributed by atoms with van der Waals surface area (Å²) in [5, 5.41) is 13.4. The molecule has 24 nitrogen and oxygen atoms in total. The monoisotopic (exact) mass is 1750 g/mol. The summed E-state index contributed by atoms with van der Waals surface area (Å²) in [7, 11) is 0. The summed E-state index contributed by atoms with van der Waals surface area (Å²) in [6, 6.07) is 53.2. The fourth-order valence-electron chi connectivity index (χ4n) is 17.9. The molecule has 3 fully saturated rings. The number of likely N-dealkylation sites (tertiary alicyclic amines) is 1. The molecule has 4 atom stereocenters. The Morgan fingerprint density at radius 3 is 1.02 bits per heavy atom. The van der Waals surface area contributed by atoms with E-state index in [1.54, 1.807) is 91.9 Å². The molecular formula is C103H102F4N24. The largest absolute Gasteiger partial charge is 0.354 e. The summed E-state index contributed by atoms with van der Waals surface area (Å²) in [5.74, 6) is 6.03. The molecule has 7 aliphatic rings. The van der Waals surface area contributed by atoms with Crippen LogP contribution in [0.25, 0.3) is 109 Å². The molecule has 5 aliphatic heterocycles. The van der Waals surface area contributed by atoms with Crippen LogP contribution in [0.1, 0.15) is 156 Å². The number of aryl methyl sites for hydroxylation is 4. The number of halogens is 4. The predicted octanol–water partition coefficient (Wildman–Crippen LogP) is 21.0. The molecule has 15 aromatic rings. The van der Waals surface area contributed by atoms with E-state index in [0.29, 0.717) is 47.8 Å². The maximum atomic E-state index is 13.7. The van der Waals surface area contributed by atoms with Gasteiger partial charge in [-0.15, -0.1) is 0 Å². The number of aromatic nitrogens is 19. The van der Waals surface area contributed by atoms with E-state index in [2.05, 4.69) is 130 Å². The van der Waals surface area contributed by atoms with Crippen molar-refractivity contribution in [2.24, 2.45) is 5.92 Å². The lowest BCUT2D eigenvalue weighted by molar-refractivity contribution is 0.283. The van der Waals surface area contributed by atoms with E-state index in [9.17, 15) is 17.6 Å². The fourth-order valence-corrected chi connectivity index (χ4v) is 17.9. The Morgan fingerprint density at radius 2 is 0.679 bits per heavy atom. The highest BCUT2D eigenvalue weighted by Crippen LogP contribution is 2.46. The van der Waals surface area contributed by atoms with Crippen LogP contribution >= 0.6 is 0 Å². The average Bonchev–Trinajstić information content (AvgIpc) is 1.61. The van der Waals surface area contributed by atoms with Gasteiger partial charge in [-0.2, -0.15) is 0 Å². The van der Waals surface area contributed by atoms with Crippen LogP contribution in [-0.4, -0.2) is 143 Å². The molecule has 0 bridgehead atoms. The van der Waals surface area contributed by atoms with Gasteiger partial charge in [0.25, 0.3) is 0 Å². The fraction of sp³-hybridized carbons (Fsp3) is 0.291. The first-order valence-electron chi connectivity index (χ1n) is 45.6. The van der Waals surface area contributed by atoms with E-state index in [4.69, 9.17) is 39.9 Å². The summed E-state index contributed by atoms with van der Waals surface area (Å²) >= 11 is 0. The summed E-state index contributed by atoms with van der Waals surface area (Å²) in [4.78, 5) is 72.7. The summed E-state index contributed by atoms with van der Waals surface area (Å²) in [6.45, 7) is 11.3. The molecule has 4 N–H and O–H groups in total. The normalized spacial score (nSPS) is 17.2. The van der Waals surface area contributed by atoms with Gasteiger partial charge in [0.2, 0.25) is 23.8 Å². The smallest absolute Gasteiger partial charge is 0.223 e. The molecule has 4 aromatic carbocycles. The first kappa shape index (κ1) is 86.0. The molecule has 4 unspecified atom stereocenters. The highest BCUT2D eigenvalue weighted by molar-refractivity contribution is 5.82. The zero-order valence-electron chi connectivity index (χ0n) is 73.4. The van der Waals surface area contributed by atoms with Gasteiger partial charge in [-0.25, -0.2) is 77.4 Å². The third kappa shape index (κ3) is 20.1. The third-order valence-electron chi connectivity index (χ3n) is 24.6. The van der Waals surface area contributed by atoms with Crippen LogP contribution in [0.2, 0.25) is 0 Å². The van der Waals surface area contributed by atoms with Crippen molar-refractivity contribution in [1.82, 2.24) is 97.9 Å². The van der Waals surface area contributed by atoms with Crippen LogP contribution in [0.4, 0.5) is 41.4 Å². The number of rotatable bonds is 25. The molecule has 0 radical (unpaired) electrons. The van der Waals surface area contributed by atoms with Crippen molar-refractivity contribution < 1.29 is 17.6 Å². The summed E-state index contributed by atoms with van der Waals surface area (Å²) < 4.78 is 63.7. The lowest BCUT2D eigenvalue weighted by Gasteiger charge is -2.26. The van der Waals surface area contributed by atoms with Crippen LogP contribution in [0.15, 0.2) is 238 Å². The number of allylic oxidation sites excluding steroid dienone is 3. The van der Waals surface area contributed by atoms with E-state index in [1.165, 1.54) is 80.9 Å². The minimum absolute atomic E-state index is 0.121. The Hall–Kier alpha value is -14.4. The Kier molecular flexibility index (Phi) is 26.0. The van der Waals surface area contributed by atoms with E-state index in [0.717, 1.165) is 228 Å². The van der Waals surface area contributed by atoms with Crippen molar-refractivity contribution in [3.05, 3.63) is 301 Å². The lowest BCUT2D eigenvalue weighted by Crippen LogP contribution is -2.28. The number of imidazole rings is 4. The van der Waals surface area contributed by atoms with Crippen LogP contribution in [0, 0.1) is 29.2 Å². The zero-order chi connectivity index (χ0) is 89.1. The highest BCUT2D eigenvalue weighted by Gasteiger charge is 2.37. The van der Waals surface area contributed by atoms with Gasteiger partial charge in [0.1, 0.15) is 46.6 Å². The molecule has 16 heterocycles. The van der Waals surface area contributed by atoms with E-state index < -0.39 is 0 Å². The molecule has 28 heteroatoms. The second kappa shape index (κ2) is 39.7. The van der Waals surface area contributed by atoms with Gasteiger partial charge in [0.15, 0.2) is 0 Å². The van der Waals surface area contributed by atoms with E-state index in [-0.39, 0.29) is 41.4 Å². The van der Waals surface area contributed by atoms with Gasteiger partial charge in [-0.05, 0) is 273 Å². The summed E-state index contributed by atoms with van der Waals surface area (Å²) in [6.07, 6.45) is 41.2. The van der Waals surface area contributed by atoms with Gasteiger partial charge in [0, 0.05) is 129 Å². The van der Waals surface area contributed by atoms with Crippen molar-refractivity contribution in [3.63, 3.8) is 0 Å². The van der Waals surface area contributed by atoms with Gasteiger partial charge >= 0.3 is 0 Å².